The van der Waals surface area contributed by atoms with E-state index >= 15 is 0 Å². The lowest BCUT2D eigenvalue weighted by atomic mass is 10.2. The SMILES string of the molecule is CCc1nnc2n1NC(C)C(C(=O)O)S2. The van der Waals surface area contributed by atoms with Crippen LogP contribution in [0.4, 0.5) is 0 Å². The van der Waals surface area contributed by atoms with Gasteiger partial charge in [-0.1, -0.05) is 18.7 Å². The molecule has 0 spiro atoms. The Bertz CT molecular complexity index is 392. The van der Waals surface area contributed by atoms with Crippen LogP contribution < -0.4 is 5.43 Å². The molecule has 0 amide bonds. The van der Waals surface area contributed by atoms with Crippen molar-refractivity contribution in [1.82, 2.24) is 14.9 Å². The first-order chi connectivity index (χ1) is 7.13. The van der Waals surface area contributed by atoms with E-state index in [1.807, 2.05) is 13.8 Å². The Morgan fingerprint density at radius 3 is 3.00 bits per heavy atom. The Morgan fingerprint density at radius 2 is 2.40 bits per heavy atom. The molecule has 15 heavy (non-hydrogen) atoms. The maximum absolute atomic E-state index is 10.9. The van der Waals surface area contributed by atoms with E-state index in [0.717, 1.165) is 12.2 Å². The van der Waals surface area contributed by atoms with Crippen LogP contribution in [-0.2, 0) is 11.2 Å². The molecule has 2 unspecified atom stereocenters. The molecule has 0 fully saturated rings. The van der Waals surface area contributed by atoms with Gasteiger partial charge in [0.25, 0.3) is 0 Å². The number of aliphatic carboxylic acids is 1. The van der Waals surface area contributed by atoms with Crippen molar-refractivity contribution in [3.8, 4) is 0 Å². The van der Waals surface area contributed by atoms with Gasteiger partial charge < -0.3 is 10.5 Å². The fourth-order valence-electron chi connectivity index (χ4n) is 1.49. The zero-order valence-electron chi connectivity index (χ0n) is 8.47. The number of hydrogen-bond acceptors (Lipinski definition) is 5. The third-order valence-electron chi connectivity index (χ3n) is 2.28. The molecule has 1 aromatic rings. The van der Waals surface area contributed by atoms with Crippen molar-refractivity contribution in [1.29, 1.82) is 0 Å². The van der Waals surface area contributed by atoms with Gasteiger partial charge in [-0.15, -0.1) is 10.2 Å². The van der Waals surface area contributed by atoms with E-state index in [0.29, 0.717) is 5.16 Å². The molecule has 0 radical (unpaired) electrons. The molecular weight excluding hydrogens is 216 g/mol. The number of rotatable bonds is 2. The molecule has 6 nitrogen and oxygen atoms in total. The topological polar surface area (TPSA) is 80.0 Å². The van der Waals surface area contributed by atoms with Crippen molar-refractivity contribution in [3.05, 3.63) is 5.82 Å². The predicted molar refractivity (Wildman–Crippen MR) is 55.5 cm³/mol. The summed E-state index contributed by atoms with van der Waals surface area (Å²) in [5, 5.41) is 17.0. The van der Waals surface area contributed by atoms with Gasteiger partial charge in [0.05, 0.1) is 6.04 Å². The molecule has 1 aromatic heterocycles. The van der Waals surface area contributed by atoms with Crippen LogP contribution in [0.15, 0.2) is 5.16 Å². The van der Waals surface area contributed by atoms with Crippen LogP contribution in [0.2, 0.25) is 0 Å². The summed E-state index contributed by atoms with van der Waals surface area (Å²) >= 11 is 1.24. The van der Waals surface area contributed by atoms with E-state index in [1.54, 1.807) is 4.68 Å². The molecule has 2 heterocycles. The summed E-state index contributed by atoms with van der Waals surface area (Å²) in [5.74, 6) is 0.000451. The van der Waals surface area contributed by atoms with Crippen molar-refractivity contribution in [2.24, 2.45) is 0 Å². The Kier molecular flexibility index (Phi) is 2.56. The first-order valence-corrected chi connectivity index (χ1v) is 5.61. The van der Waals surface area contributed by atoms with Gasteiger partial charge in [-0.05, 0) is 6.92 Å². The number of thioether (sulfide) groups is 1. The molecule has 0 bridgehead atoms. The fraction of sp³-hybridized carbons (Fsp3) is 0.625. The summed E-state index contributed by atoms with van der Waals surface area (Å²) in [6.45, 7) is 3.83. The number of fused-ring (bicyclic) bond motifs is 1. The zero-order chi connectivity index (χ0) is 11.0. The first kappa shape index (κ1) is 10.3. The van der Waals surface area contributed by atoms with E-state index in [1.165, 1.54) is 11.8 Å². The van der Waals surface area contributed by atoms with Crippen LogP contribution in [0.5, 0.6) is 0 Å². The highest BCUT2D eigenvalue weighted by Crippen LogP contribution is 2.29. The summed E-state index contributed by atoms with van der Waals surface area (Å²) in [7, 11) is 0. The van der Waals surface area contributed by atoms with E-state index in [9.17, 15) is 4.79 Å². The lowest BCUT2D eigenvalue weighted by Gasteiger charge is -2.28. The van der Waals surface area contributed by atoms with Crippen molar-refractivity contribution in [3.63, 3.8) is 0 Å². The quantitative estimate of drug-likeness (QED) is 0.759. The molecule has 0 aromatic carbocycles. The number of carbonyl (C=O) groups is 1. The Balaban J connectivity index is 2.31. The lowest BCUT2D eigenvalue weighted by molar-refractivity contribution is -0.136. The lowest BCUT2D eigenvalue weighted by Crippen LogP contribution is -2.43. The van der Waals surface area contributed by atoms with Crippen molar-refractivity contribution >= 4 is 17.7 Å². The monoisotopic (exact) mass is 228 g/mol. The van der Waals surface area contributed by atoms with Gasteiger partial charge in [0, 0.05) is 6.42 Å². The highest BCUT2D eigenvalue weighted by Gasteiger charge is 2.33. The molecule has 2 rings (SSSR count). The van der Waals surface area contributed by atoms with Gasteiger partial charge in [-0.3, -0.25) is 4.79 Å². The van der Waals surface area contributed by atoms with E-state index in [2.05, 4.69) is 15.6 Å². The molecule has 82 valence electrons. The van der Waals surface area contributed by atoms with Gasteiger partial charge in [0.1, 0.15) is 5.25 Å². The number of nitrogens with one attached hydrogen (secondary N) is 1. The first-order valence-electron chi connectivity index (χ1n) is 4.73. The molecule has 2 N–H and O–H groups in total. The molecular formula is C8H12N4O2S. The second kappa shape index (κ2) is 3.73. The number of aromatic nitrogens is 3. The van der Waals surface area contributed by atoms with E-state index < -0.39 is 11.2 Å². The summed E-state index contributed by atoms with van der Waals surface area (Å²) in [5.41, 5.74) is 3.08. The minimum absolute atomic E-state index is 0.138. The van der Waals surface area contributed by atoms with Gasteiger partial charge in [-0.2, -0.15) is 0 Å². The standard InChI is InChI=1S/C8H12N4O2S/c1-3-5-9-10-8-12(5)11-4(2)6(15-8)7(13)14/h4,6,11H,3H2,1-2H3,(H,13,14). The normalized spacial score (nSPS) is 24.4. The maximum atomic E-state index is 10.9. The fourth-order valence-corrected chi connectivity index (χ4v) is 2.43. The van der Waals surface area contributed by atoms with Gasteiger partial charge in [0.2, 0.25) is 5.16 Å². The largest absolute Gasteiger partial charge is 0.480 e. The van der Waals surface area contributed by atoms with Crippen LogP contribution in [0.1, 0.15) is 19.7 Å². The highest BCUT2D eigenvalue weighted by atomic mass is 32.2. The molecule has 0 saturated heterocycles. The van der Waals surface area contributed by atoms with Gasteiger partial charge in [0.15, 0.2) is 5.82 Å². The van der Waals surface area contributed by atoms with E-state index in [-0.39, 0.29) is 6.04 Å². The average molecular weight is 228 g/mol. The number of carboxylic acid groups (broad SMARTS) is 1. The molecule has 0 saturated carbocycles. The number of nitrogens with zero attached hydrogens (tertiary/aromatic N) is 3. The maximum Gasteiger partial charge on any atom is 0.319 e. The minimum atomic E-state index is -0.827. The van der Waals surface area contributed by atoms with Crippen LogP contribution >= 0.6 is 11.8 Å². The van der Waals surface area contributed by atoms with Crippen LogP contribution in [-0.4, -0.2) is 37.2 Å². The van der Waals surface area contributed by atoms with Crippen LogP contribution in [0.3, 0.4) is 0 Å². The Morgan fingerprint density at radius 1 is 1.67 bits per heavy atom. The summed E-state index contributed by atoms with van der Waals surface area (Å²) in [6.07, 6.45) is 0.769. The summed E-state index contributed by atoms with van der Waals surface area (Å²) in [6, 6.07) is -0.138. The number of hydrogen-bond donors (Lipinski definition) is 2. The Hall–Kier alpha value is -1.24. The zero-order valence-corrected chi connectivity index (χ0v) is 9.28. The number of aryl methyl sites for hydroxylation is 1. The minimum Gasteiger partial charge on any atom is -0.480 e. The van der Waals surface area contributed by atoms with Crippen molar-refractivity contribution in [2.75, 3.05) is 5.43 Å². The van der Waals surface area contributed by atoms with Gasteiger partial charge >= 0.3 is 5.97 Å². The number of carboxylic acids is 1. The van der Waals surface area contributed by atoms with E-state index in [4.69, 9.17) is 5.11 Å². The summed E-state index contributed by atoms with van der Waals surface area (Å²) < 4.78 is 1.77. The summed E-state index contributed by atoms with van der Waals surface area (Å²) in [4.78, 5) is 10.9. The van der Waals surface area contributed by atoms with Crippen molar-refractivity contribution < 1.29 is 9.90 Å². The Labute approximate surface area is 91.0 Å². The van der Waals surface area contributed by atoms with Crippen LogP contribution in [0, 0.1) is 0 Å². The van der Waals surface area contributed by atoms with Crippen molar-refractivity contribution in [2.45, 2.75) is 36.7 Å². The molecule has 1 aliphatic heterocycles. The highest BCUT2D eigenvalue weighted by molar-refractivity contribution is 8.00. The molecule has 0 aliphatic carbocycles. The predicted octanol–water partition coefficient (Wildman–Crippen LogP) is 0.331. The second-order valence-corrected chi connectivity index (χ2v) is 4.49. The van der Waals surface area contributed by atoms with Crippen LogP contribution in [0.25, 0.3) is 0 Å². The molecule has 1 aliphatic rings. The van der Waals surface area contributed by atoms with Gasteiger partial charge in [-0.25, -0.2) is 4.68 Å². The average Bonchev–Trinajstić information content (AvgIpc) is 2.58. The third-order valence-corrected chi connectivity index (χ3v) is 3.62. The third kappa shape index (κ3) is 1.67. The molecule has 7 heteroatoms. The molecule has 2 atom stereocenters. The second-order valence-electron chi connectivity index (χ2n) is 3.38. The smallest absolute Gasteiger partial charge is 0.319 e.